The number of carbonyl (C=O) groups excluding carboxylic acids is 3. The Morgan fingerprint density at radius 1 is 0.282 bits per heavy atom. The van der Waals surface area contributed by atoms with E-state index in [9.17, 15) is 14.4 Å². The highest BCUT2D eigenvalue weighted by atomic mass is 16.6. The Morgan fingerprint density at radius 3 is 0.845 bits per heavy atom. The fourth-order valence-corrected chi connectivity index (χ4v) is 7.76. The molecule has 0 amide bonds. The van der Waals surface area contributed by atoms with Crippen molar-refractivity contribution in [1.82, 2.24) is 0 Å². The second-order valence-corrected chi connectivity index (χ2v) is 19.2. The fraction of sp³-hybridized carbons (Fsp3) is 0.677. The predicted octanol–water partition coefficient (Wildman–Crippen LogP) is 19.9. The Hall–Kier alpha value is -3.93. The Balaban J connectivity index is 4.51. The van der Waals surface area contributed by atoms with Crippen molar-refractivity contribution in [2.75, 3.05) is 13.2 Å². The Labute approximate surface area is 438 Å². The summed E-state index contributed by atoms with van der Waals surface area (Å²) >= 11 is 0. The molecule has 0 aromatic rings. The van der Waals surface area contributed by atoms with Crippen molar-refractivity contribution in [3.8, 4) is 0 Å². The van der Waals surface area contributed by atoms with Crippen LogP contribution in [0.4, 0.5) is 0 Å². The van der Waals surface area contributed by atoms with Gasteiger partial charge in [-0.3, -0.25) is 14.4 Å². The van der Waals surface area contributed by atoms with Gasteiger partial charge in [0.1, 0.15) is 13.2 Å². The molecule has 0 bridgehead atoms. The average Bonchev–Trinajstić information content (AvgIpc) is 3.37. The standard InChI is InChI=1S/C65H108O6/c1-4-7-10-13-16-19-22-25-28-30-32-34-37-39-42-45-48-51-54-57-63(66)69-60-62(71-65(68)59-56-53-50-47-44-41-36-27-24-21-18-15-12-9-6-3)61-70-64(67)58-55-52-49-46-43-40-38-35-33-31-29-26-23-20-17-14-11-8-5-2/h16-17,19-21,24-26,28-29,32-35,39-40,42-43,62H,4-15,18,22-23,27,30-31,36-38,41,44-61H2,1-3H3/b19-16-,20-17-,24-21-,28-25-,29-26-,34-32-,35-33-,42-39-,43-40-. The van der Waals surface area contributed by atoms with Gasteiger partial charge < -0.3 is 14.2 Å². The fourth-order valence-electron chi connectivity index (χ4n) is 7.76. The Morgan fingerprint density at radius 2 is 0.507 bits per heavy atom. The molecule has 0 rings (SSSR count). The summed E-state index contributed by atoms with van der Waals surface area (Å²) in [5, 5.41) is 0. The lowest BCUT2D eigenvalue weighted by Gasteiger charge is -2.18. The van der Waals surface area contributed by atoms with Gasteiger partial charge in [-0.05, 0) is 135 Å². The van der Waals surface area contributed by atoms with Crippen LogP contribution in [0.2, 0.25) is 0 Å². The maximum Gasteiger partial charge on any atom is 0.306 e. The van der Waals surface area contributed by atoms with Gasteiger partial charge in [-0.25, -0.2) is 0 Å². The summed E-state index contributed by atoms with van der Waals surface area (Å²) in [6.07, 6.45) is 79.3. The van der Waals surface area contributed by atoms with Gasteiger partial charge in [0.2, 0.25) is 0 Å². The van der Waals surface area contributed by atoms with Crippen LogP contribution < -0.4 is 0 Å². The minimum absolute atomic E-state index is 0.108. The van der Waals surface area contributed by atoms with Crippen LogP contribution in [0.1, 0.15) is 265 Å². The molecule has 6 nitrogen and oxygen atoms in total. The minimum Gasteiger partial charge on any atom is -0.462 e. The molecule has 0 saturated carbocycles. The van der Waals surface area contributed by atoms with Crippen molar-refractivity contribution in [1.29, 1.82) is 0 Å². The summed E-state index contributed by atoms with van der Waals surface area (Å²) in [4.78, 5) is 38.2. The summed E-state index contributed by atoms with van der Waals surface area (Å²) < 4.78 is 16.8. The quantitative estimate of drug-likeness (QED) is 0.0261. The molecule has 0 aromatic heterocycles. The number of unbranched alkanes of at least 4 members (excludes halogenated alkanes) is 23. The number of hydrogen-bond acceptors (Lipinski definition) is 6. The van der Waals surface area contributed by atoms with Gasteiger partial charge >= 0.3 is 17.9 Å². The molecule has 404 valence electrons. The molecule has 0 saturated heterocycles. The van der Waals surface area contributed by atoms with Crippen LogP contribution in [0, 0.1) is 0 Å². The van der Waals surface area contributed by atoms with Crippen LogP contribution in [-0.4, -0.2) is 37.2 Å². The van der Waals surface area contributed by atoms with Crippen molar-refractivity contribution in [3.63, 3.8) is 0 Å². The summed E-state index contributed by atoms with van der Waals surface area (Å²) in [7, 11) is 0. The summed E-state index contributed by atoms with van der Waals surface area (Å²) in [6.45, 7) is 6.52. The van der Waals surface area contributed by atoms with Gasteiger partial charge in [0.05, 0.1) is 0 Å². The van der Waals surface area contributed by atoms with Gasteiger partial charge in [0.25, 0.3) is 0 Å². The monoisotopic (exact) mass is 985 g/mol. The minimum atomic E-state index is -0.810. The maximum atomic E-state index is 12.9. The molecule has 0 radical (unpaired) electrons. The molecule has 6 heteroatoms. The summed E-state index contributed by atoms with van der Waals surface area (Å²) in [6, 6.07) is 0. The first kappa shape index (κ1) is 67.1. The van der Waals surface area contributed by atoms with E-state index in [0.29, 0.717) is 19.3 Å². The van der Waals surface area contributed by atoms with Gasteiger partial charge in [-0.2, -0.15) is 0 Å². The number of hydrogen-bond donors (Lipinski definition) is 0. The molecule has 0 N–H and O–H groups in total. The molecule has 0 heterocycles. The first-order valence-corrected chi connectivity index (χ1v) is 29.4. The predicted molar refractivity (Wildman–Crippen MR) is 307 cm³/mol. The highest BCUT2D eigenvalue weighted by Gasteiger charge is 2.19. The van der Waals surface area contributed by atoms with E-state index in [1.165, 1.54) is 116 Å². The van der Waals surface area contributed by atoms with E-state index in [4.69, 9.17) is 14.2 Å². The molecule has 0 unspecified atom stereocenters. The normalized spacial score (nSPS) is 12.5. The van der Waals surface area contributed by atoms with Crippen LogP contribution >= 0.6 is 0 Å². The van der Waals surface area contributed by atoms with Crippen LogP contribution in [0.3, 0.4) is 0 Å². The zero-order valence-electron chi connectivity index (χ0n) is 46.2. The molecule has 0 aliphatic heterocycles. The Kier molecular flexibility index (Phi) is 55.4. The molecule has 0 aliphatic rings. The zero-order valence-corrected chi connectivity index (χ0v) is 46.2. The van der Waals surface area contributed by atoms with Crippen molar-refractivity contribution in [2.24, 2.45) is 0 Å². The van der Waals surface area contributed by atoms with Crippen LogP contribution in [0.5, 0.6) is 0 Å². The lowest BCUT2D eigenvalue weighted by atomic mass is 10.1. The van der Waals surface area contributed by atoms with E-state index in [2.05, 4.69) is 130 Å². The molecular formula is C65H108O6. The average molecular weight is 986 g/mol. The van der Waals surface area contributed by atoms with E-state index < -0.39 is 6.10 Å². The molecule has 71 heavy (non-hydrogen) atoms. The van der Waals surface area contributed by atoms with E-state index >= 15 is 0 Å². The van der Waals surface area contributed by atoms with Crippen LogP contribution in [-0.2, 0) is 28.6 Å². The summed E-state index contributed by atoms with van der Waals surface area (Å²) in [5.74, 6) is -0.970. The largest absolute Gasteiger partial charge is 0.462 e. The zero-order chi connectivity index (χ0) is 51.4. The number of allylic oxidation sites excluding steroid dienone is 18. The van der Waals surface area contributed by atoms with Crippen molar-refractivity contribution in [3.05, 3.63) is 109 Å². The molecule has 0 aromatic carbocycles. The maximum absolute atomic E-state index is 12.9. The molecule has 0 aliphatic carbocycles. The Bertz CT molecular complexity index is 1380. The van der Waals surface area contributed by atoms with E-state index in [-0.39, 0.29) is 31.1 Å². The van der Waals surface area contributed by atoms with E-state index in [1.54, 1.807) is 0 Å². The van der Waals surface area contributed by atoms with Gasteiger partial charge in [0, 0.05) is 19.3 Å². The SMILES string of the molecule is CCCCC/C=C\C/C=C\C/C=C\C/C=C\CCCCCC(=O)OCC(COC(=O)CCCCC/C=C\C/C=C\C/C=C\C/C=C\CCCCC)OC(=O)CCCCCCCCC/C=C\CCCCCC. The lowest BCUT2D eigenvalue weighted by molar-refractivity contribution is -0.167. The van der Waals surface area contributed by atoms with E-state index in [0.717, 1.165) is 109 Å². The van der Waals surface area contributed by atoms with Crippen molar-refractivity contribution >= 4 is 17.9 Å². The van der Waals surface area contributed by atoms with Crippen molar-refractivity contribution in [2.45, 2.75) is 271 Å². The van der Waals surface area contributed by atoms with Crippen molar-refractivity contribution < 1.29 is 28.6 Å². The number of esters is 3. The number of ether oxygens (including phenoxy) is 3. The van der Waals surface area contributed by atoms with Crippen LogP contribution in [0.25, 0.3) is 0 Å². The molecular weight excluding hydrogens is 877 g/mol. The number of rotatable bonds is 52. The first-order chi connectivity index (χ1) is 35.0. The lowest BCUT2D eigenvalue weighted by Crippen LogP contribution is -2.30. The topological polar surface area (TPSA) is 78.9 Å². The second kappa shape index (κ2) is 58.6. The number of carbonyl (C=O) groups is 3. The highest BCUT2D eigenvalue weighted by Crippen LogP contribution is 2.14. The third-order valence-corrected chi connectivity index (χ3v) is 12.2. The second-order valence-electron chi connectivity index (χ2n) is 19.2. The molecule has 0 atom stereocenters. The smallest absolute Gasteiger partial charge is 0.306 e. The van der Waals surface area contributed by atoms with Gasteiger partial charge in [0.15, 0.2) is 6.10 Å². The molecule has 0 spiro atoms. The highest BCUT2D eigenvalue weighted by molar-refractivity contribution is 5.71. The van der Waals surface area contributed by atoms with Crippen LogP contribution in [0.15, 0.2) is 109 Å². The third kappa shape index (κ3) is 56.9. The summed E-state index contributed by atoms with van der Waals surface area (Å²) in [5.41, 5.74) is 0. The van der Waals surface area contributed by atoms with Gasteiger partial charge in [-0.1, -0.05) is 220 Å². The first-order valence-electron chi connectivity index (χ1n) is 29.4. The van der Waals surface area contributed by atoms with E-state index in [1.807, 2.05) is 0 Å². The molecule has 0 fully saturated rings. The van der Waals surface area contributed by atoms with Gasteiger partial charge in [-0.15, -0.1) is 0 Å². The third-order valence-electron chi connectivity index (χ3n) is 12.2.